The second-order valence-electron chi connectivity index (χ2n) is 6.49. The summed E-state index contributed by atoms with van der Waals surface area (Å²) in [5.74, 6) is 2.65. The quantitative estimate of drug-likeness (QED) is 0.413. The fourth-order valence-corrected chi connectivity index (χ4v) is 2.56. The number of anilines is 3. The predicted molar refractivity (Wildman–Crippen MR) is 119 cm³/mol. The maximum atomic E-state index is 5.38. The zero-order valence-corrected chi connectivity index (χ0v) is 17.5. The van der Waals surface area contributed by atoms with Gasteiger partial charge >= 0.3 is 0 Å². The molecule has 3 rings (SSSR count). The van der Waals surface area contributed by atoms with Crippen molar-refractivity contribution < 1.29 is 9.47 Å². The molecule has 2 aromatic carbocycles. The van der Waals surface area contributed by atoms with E-state index in [4.69, 9.17) is 9.47 Å². The molecule has 3 aromatic rings. The molecule has 156 valence electrons. The van der Waals surface area contributed by atoms with E-state index in [1.807, 2.05) is 56.6 Å². The number of ether oxygens (including phenoxy) is 2. The van der Waals surface area contributed by atoms with Crippen molar-refractivity contribution in [1.82, 2.24) is 15.0 Å². The van der Waals surface area contributed by atoms with Gasteiger partial charge in [0.2, 0.25) is 17.8 Å². The number of nitrogens with one attached hydrogen (secondary N) is 2. The second kappa shape index (κ2) is 10.1. The second-order valence-corrected chi connectivity index (χ2v) is 6.49. The predicted octanol–water partition coefficient (Wildman–Crippen LogP) is 3.01. The van der Waals surface area contributed by atoms with Crippen LogP contribution in [0.15, 0.2) is 53.6 Å². The van der Waals surface area contributed by atoms with Crippen molar-refractivity contribution in [2.45, 2.75) is 6.54 Å². The summed E-state index contributed by atoms with van der Waals surface area (Å²) >= 11 is 0. The van der Waals surface area contributed by atoms with Crippen LogP contribution in [0.2, 0.25) is 0 Å². The van der Waals surface area contributed by atoms with Crippen LogP contribution in [0.4, 0.5) is 17.8 Å². The van der Waals surface area contributed by atoms with Crippen molar-refractivity contribution in [2.24, 2.45) is 5.10 Å². The molecule has 0 saturated heterocycles. The summed E-state index contributed by atoms with van der Waals surface area (Å²) in [6, 6.07) is 15.5. The first-order chi connectivity index (χ1) is 14.6. The lowest BCUT2D eigenvalue weighted by Gasteiger charge is -2.13. The Balaban J connectivity index is 1.75. The highest BCUT2D eigenvalue weighted by atomic mass is 16.5. The van der Waals surface area contributed by atoms with Gasteiger partial charge in [-0.05, 0) is 17.7 Å². The van der Waals surface area contributed by atoms with Crippen LogP contribution in [0.3, 0.4) is 0 Å². The van der Waals surface area contributed by atoms with Gasteiger partial charge in [-0.15, -0.1) is 0 Å². The van der Waals surface area contributed by atoms with Gasteiger partial charge in [-0.25, -0.2) is 5.43 Å². The van der Waals surface area contributed by atoms with E-state index >= 15 is 0 Å². The van der Waals surface area contributed by atoms with Gasteiger partial charge in [0, 0.05) is 32.3 Å². The minimum absolute atomic E-state index is 0.327. The van der Waals surface area contributed by atoms with E-state index in [2.05, 4.69) is 30.8 Å². The number of rotatable bonds is 9. The highest BCUT2D eigenvalue weighted by Gasteiger charge is 2.08. The fourth-order valence-electron chi connectivity index (χ4n) is 2.56. The van der Waals surface area contributed by atoms with Gasteiger partial charge in [-0.1, -0.05) is 30.3 Å². The highest BCUT2D eigenvalue weighted by Crippen LogP contribution is 2.23. The average molecular weight is 407 g/mol. The van der Waals surface area contributed by atoms with E-state index in [1.165, 1.54) is 0 Å². The summed E-state index contributed by atoms with van der Waals surface area (Å²) in [6.45, 7) is 0.601. The molecule has 0 radical (unpaired) electrons. The van der Waals surface area contributed by atoms with Crippen molar-refractivity contribution >= 4 is 24.1 Å². The van der Waals surface area contributed by atoms with E-state index < -0.39 is 0 Å². The molecule has 0 aliphatic carbocycles. The Morgan fingerprint density at radius 2 is 1.73 bits per heavy atom. The fraction of sp³-hybridized carbons (Fsp3) is 0.238. The average Bonchev–Trinajstić information content (AvgIpc) is 2.78. The van der Waals surface area contributed by atoms with Gasteiger partial charge in [0.15, 0.2) is 0 Å². The summed E-state index contributed by atoms with van der Waals surface area (Å²) in [5.41, 5.74) is 4.78. The molecule has 9 heteroatoms. The van der Waals surface area contributed by atoms with E-state index in [-0.39, 0.29) is 0 Å². The van der Waals surface area contributed by atoms with Crippen molar-refractivity contribution in [2.75, 3.05) is 44.0 Å². The largest absolute Gasteiger partial charge is 0.497 e. The number of benzene rings is 2. The Morgan fingerprint density at radius 3 is 2.43 bits per heavy atom. The molecule has 1 aromatic heterocycles. The molecule has 0 aliphatic heterocycles. The molecule has 0 amide bonds. The van der Waals surface area contributed by atoms with Crippen LogP contribution in [0.25, 0.3) is 0 Å². The number of nitrogens with zero attached hydrogens (tertiary/aromatic N) is 5. The van der Waals surface area contributed by atoms with Crippen molar-refractivity contribution in [3.8, 4) is 11.5 Å². The Labute approximate surface area is 175 Å². The van der Waals surface area contributed by atoms with Crippen LogP contribution in [0, 0.1) is 0 Å². The summed E-state index contributed by atoms with van der Waals surface area (Å²) in [4.78, 5) is 15.0. The van der Waals surface area contributed by atoms with Gasteiger partial charge < -0.3 is 19.7 Å². The first kappa shape index (κ1) is 20.8. The van der Waals surface area contributed by atoms with E-state index in [0.29, 0.717) is 35.9 Å². The third-order valence-corrected chi connectivity index (χ3v) is 4.13. The van der Waals surface area contributed by atoms with Gasteiger partial charge in [0.25, 0.3) is 0 Å². The standard InChI is InChI=1S/C21H25N7O2/c1-28(2)21-25-19(22-13-15-8-6-5-7-9-15)24-20(26-21)27-23-14-16-10-11-17(29-3)12-18(16)30-4/h5-12,14H,13H2,1-4H3,(H2,22,24,25,26,27)/b23-14-. The van der Waals surface area contributed by atoms with Gasteiger partial charge in [0.05, 0.1) is 20.4 Å². The highest BCUT2D eigenvalue weighted by molar-refractivity contribution is 5.84. The molecule has 2 N–H and O–H groups in total. The van der Waals surface area contributed by atoms with Gasteiger partial charge in [0.1, 0.15) is 11.5 Å². The van der Waals surface area contributed by atoms with Gasteiger partial charge in [-0.3, -0.25) is 0 Å². The van der Waals surface area contributed by atoms with E-state index in [9.17, 15) is 0 Å². The summed E-state index contributed by atoms with van der Waals surface area (Å²) in [6.07, 6.45) is 1.63. The third-order valence-electron chi connectivity index (χ3n) is 4.13. The van der Waals surface area contributed by atoms with E-state index in [0.717, 1.165) is 11.1 Å². The first-order valence-corrected chi connectivity index (χ1v) is 9.31. The van der Waals surface area contributed by atoms with Crippen LogP contribution >= 0.6 is 0 Å². The first-order valence-electron chi connectivity index (χ1n) is 9.31. The number of hydrogen-bond acceptors (Lipinski definition) is 9. The number of aromatic nitrogens is 3. The molecule has 0 saturated carbocycles. The molecular formula is C21H25N7O2. The molecule has 30 heavy (non-hydrogen) atoms. The maximum absolute atomic E-state index is 5.38. The van der Waals surface area contributed by atoms with Crippen LogP contribution in [-0.4, -0.2) is 49.5 Å². The lowest BCUT2D eigenvalue weighted by Crippen LogP contribution is -2.16. The molecule has 0 aliphatic rings. The Bertz CT molecular complexity index is 994. The summed E-state index contributed by atoms with van der Waals surface area (Å²) in [7, 11) is 6.94. The smallest absolute Gasteiger partial charge is 0.250 e. The molecule has 0 atom stereocenters. The maximum Gasteiger partial charge on any atom is 0.250 e. The number of hydrazone groups is 1. The minimum atomic E-state index is 0.327. The van der Waals surface area contributed by atoms with Crippen LogP contribution in [0.1, 0.15) is 11.1 Å². The van der Waals surface area contributed by atoms with Crippen LogP contribution in [0.5, 0.6) is 11.5 Å². The number of methoxy groups -OCH3 is 2. The molecule has 0 bridgehead atoms. The lowest BCUT2D eigenvalue weighted by atomic mass is 10.2. The van der Waals surface area contributed by atoms with Crippen LogP contribution < -0.4 is 25.1 Å². The van der Waals surface area contributed by atoms with Crippen molar-refractivity contribution in [3.63, 3.8) is 0 Å². The lowest BCUT2D eigenvalue weighted by molar-refractivity contribution is 0.394. The molecule has 0 unspecified atom stereocenters. The normalized spacial score (nSPS) is 10.7. The minimum Gasteiger partial charge on any atom is -0.497 e. The zero-order valence-electron chi connectivity index (χ0n) is 17.5. The van der Waals surface area contributed by atoms with Gasteiger partial charge in [-0.2, -0.15) is 20.1 Å². The summed E-state index contributed by atoms with van der Waals surface area (Å²) < 4.78 is 10.6. The number of hydrogen-bond donors (Lipinski definition) is 2. The molecule has 0 spiro atoms. The monoisotopic (exact) mass is 407 g/mol. The van der Waals surface area contributed by atoms with Crippen LogP contribution in [-0.2, 0) is 6.54 Å². The Kier molecular flexibility index (Phi) is 6.99. The summed E-state index contributed by atoms with van der Waals surface area (Å²) in [5, 5.41) is 7.46. The molecule has 0 fully saturated rings. The Hall–Kier alpha value is -3.88. The molecular weight excluding hydrogens is 382 g/mol. The van der Waals surface area contributed by atoms with E-state index in [1.54, 1.807) is 31.4 Å². The van der Waals surface area contributed by atoms with Crippen molar-refractivity contribution in [1.29, 1.82) is 0 Å². The van der Waals surface area contributed by atoms with Crippen molar-refractivity contribution in [3.05, 3.63) is 59.7 Å². The molecule has 1 heterocycles. The molecule has 9 nitrogen and oxygen atoms in total. The topological polar surface area (TPSA) is 96.8 Å². The SMILES string of the molecule is COc1ccc(/C=N\Nc2nc(NCc3ccccc3)nc(N(C)C)n2)c(OC)c1. The zero-order chi connectivity index (χ0) is 21.3. The third kappa shape index (κ3) is 5.57. The Morgan fingerprint density at radius 1 is 0.967 bits per heavy atom.